The fourth-order valence-corrected chi connectivity index (χ4v) is 3.99. The van der Waals surface area contributed by atoms with E-state index in [-0.39, 0.29) is 49.5 Å². The molecule has 0 saturated carbocycles. The highest BCUT2D eigenvalue weighted by Crippen LogP contribution is 2.18. The van der Waals surface area contributed by atoms with Crippen molar-refractivity contribution in [3.05, 3.63) is 29.8 Å². The second-order valence-electron chi connectivity index (χ2n) is 5.56. The maximum Gasteiger partial charge on any atom is 0.338 e. The Morgan fingerprint density at radius 2 is 1.69 bits per heavy atom. The van der Waals surface area contributed by atoms with Crippen molar-refractivity contribution in [1.29, 1.82) is 0 Å². The Hall–Kier alpha value is -1.68. The molecule has 0 unspecified atom stereocenters. The van der Waals surface area contributed by atoms with Gasteiger partial charge < -0.3 is 15.0 Å². The third kappa shape index (κ3) is 5.16. The molecule has 0 aromatic heterocycles. The number of sulfonamides is 1. The molecule has 0 aliphatic carbocycles. The topological polar surface area (TPSA) is 96.0 Å². The van der Waals surface area contributed by atoms with E-state index in [9.17, 15) is 18.0 Å². The van der Waals surface area contributed by atoms with E-state index in [0.29, 0.717) is 18.7 Å². The Bertz CT molecular complexity index is 716. The highest BCUT2D eigenvalue weighted by molar-refractivity contribution is 7.89. The summed E-state index contributed by atoms with van der Waals surface area (Å²) in [5.74, 6) is -0.526. The first-order chi connectivity index (χ1) is 11.9. The van der Waals surface area contributed by atoms with Crippen molar-refractivity contribution < 1.29 is 22.7 Å². The van der Waals surface area contributed by atoms with Gasteiger partial charge in [0.05, 0.1) is 23.6 Å². The fourth-order valence-electron chi connectivity index (χ4n) is 2.57. The van der Waals surface area contributed by atoms with Crippen LogP contribution in [0.25, 0.3) is 0 Å². The lowest BCUT2D eigenvalue weighted by atomic mass is 10.2. The monoisotopic (exact) mass is 405 g/mol. The Balaban J connectivity index is 0.00000338. The summed E-state index contributed by atoms with van der Waals surface area (Å²) in [6.45, 7) is 3.42. The number of likely N-dealkylation sites (N-methyl/N-ethyl adjacent to an activating group) is 1. The Kier molecular flexibility index (Phi) is 8.48. The molecule has 0 bridgehead atoms. The number of esters is 1. The molecule has 1 fully saturated rings. The van der Waals surface area contributed by atoms with Crippen molar-refractivity contribution in [2.45, 2.75) is 11.8 Å². The van der Waals surface area contributed by atoms with E-state index in [2.05, 4.69) is 5.32 Å². The molecule has 26 heavy (non-hydrogen) atoms. The third-order valence-electron chi connectivity index (χ3n) is 3.92. The van der Waals surface area contributed by atoms with Gasteiger partial charge >= 0.3 is 5.97 Å². The molecule has 1 amide bonds. The Labute approximate surface area is 159 Å². The van der Waals surface area contributed by atoms with Gasteiger partial charge in [-0.3, -0.25) is 4.79 Å². The molecule has 1 N–H and O–H groups in total. The van der Waals surface area contributed by atoms with E-state index in [1.807, 2.05) is 0 Å². The average Bonchev–Trinajstić information content (AvgIpc) is 2.62. The van der Waals surface area contributed by atoms with Gasteiger partial charge in [-0.2, -0.15) is 4.31 Å². The van der Waals surface area contributed by atoms with Crippen LogP contribution in [0.1, 0.15) is 17.3 Å². The second-order valence-corrected chi connectivity index (χ2v) is 7.50. The first-order valence-electron chi connectivity index (χ1n) is 8.10. The highest BCUT2D eigenvalue weighted by Gasteiger charge is 2.30. The van der Waals surface area contributed by atoms with Crippen LogP contribution in [0.15, 0.2) is 29.2 Å². The van der Waals surface area contributed by atoms with Crippen LogP contribution in [0.4, 0.5) is 0 Å². The molecule has 8 nitrogen and oxygen atoms in total. The minimum absolute atomic E-state index is 0. The van der Waals surface area contributed by atoms with Gasteiger partial charge in [0.1, 0.15) is 0 Å². The molecule has 0 spiro atoms. The van der Waals surface area contributed by atoms with Gasteiger partial charge in [-0.15, -0.1) is 12.4 Å². The molecular formula is C16H24ClN3O5S. The number of amides is 1. The van der Waals surface area contributed by atoms with E-state index < -0.39 is 16.0 Å². The van der Waals surface area contributed by atoms with E-state index in [4.69, 9.17) is 4.74 Å². The molecule has 1 aliphatic heterocycles. The first kappa shape index (κ1) is 22.4. The van der Waals surface area contributed by atoms with Crippen molar-refractivity contribution in [1.82, 2.24) is 14.5 Å². The minimum Gasteiger partial charge on any atom is -0.462 e. The molecule has 146 valence electrons. The van der Waals surface area contributed by atoms with Crippen molar-refractivity contribution in [2.75, 3.05) is 46.4 Å². The zero-order chi connectivity index (χ0) is 18.4. The number of halogens is 1. The summed E-state index contributed by atoms with van der Waals surface area (Å²) in [6.07, 6.45) is 0. The van der Waals surface area contributed by atoms with E-state index in [1.165, 1.54) is 28.6 Å². The lowest BCUT2D eigenvalue weighted by Crippen LogP contribution is -2.52. The zero-order valence-corrected chi connectivity index (χ0v) is 16.4. The van der Waals surface area contributed by atoms with Crippen LogP contribution in [0.5, 0.6) is 0 Å². The van der Waals surface area contributed by atoms with Crippen LogP contribution < -0.4 is 5.32 Å². The molecular weight excluding hydrogens is 382 g/mol. The summed E-state index contributed by atoms with van der Waals surface area (Å²) < 4.78 is 31.6. The van der Waals surface area contributed by atoms with Gasteiger partial charge in [0, 0.05) is 26.2 Å². The highest BCUT2D eigenvalue weighted by atomic mass is 35.5. The SMILES string of the molecule is CCOC(=O)c1ccc(S(=O)(=O)N2CCN(C(=O)CNC)CC2)cc1.Cl. The molecule has 1 aromatic rings. The van der Waals surface area contributed by atoms with Crippen molar-refractivity contribution in [2.24, 2.45) is 0 Å². The summed E-state index contributed by atoms with van der Waals surface area (Å²) in [4.78, 5) is 25.2. The maximum atomic E-state index is 12.7. The summed E-state index contributed by atoms with van der Waals surface area (Å²) >= 11 is 0. The number of nitrogens with zero attached hydrogens (tertiary/aromatic N) is 2. The summed E-state index contributed by atoms with van der Waals surface area (Å²) in [5, 5.41) is 2.79. The largest absolute Gasteiger partial charge is 0.462 e. The Morgan fingerprint density at radius 1 is 1.12 bits per heavy atom. The van der Waals surface area contributed by atoms with Crippen LogP contribution in [-0.4, -0.2) is 75.9 Å². The molecule has 2 rings (SSSR count). The standard InChI is InChI=1S/C16H23N3O5S.ClH/c1-3-24-16(21)13-4-6-14(7-5-13)25(22,23)19-10-8-18(9-11-19)15(20)12-17-2;/h4-7,17H,3,8-12H2,1-2H3;1H. The number of piperazine rings is 1. The summed E-state index contributed by atoms with van der Waals surface area (Å²) in [7, 11) is -1.96. The third-order valence-corrected chi connectivity index (χ3v) is 5.84. The van der Waals surface area contributed by atoms with Crippen LogP contribution in [0.3, 0.4) is 0 Å². The van der Waals surface area contributed by atoms with Crippen LogP contribution in [-0.2, 0) is 19.6 Å². The number of nitrogens with one attached hydrogen (secondary N) is 1. The van der Waals surface area contributed by atoms with E-state index in [0.717, 1.165) is 0 Å². The lowest BCUT2D eigenvalue weighted by molar-refractivity contribution is -0.131. The number of rotatable bonds is 6. The van der Waals surface area contributed by atoms with Crippen molar-refractivity contribution in [3.8, 4) is 0 Å². The second kappa shape index (κ2) is 9.86. The van der Waals surface area contributed by atoms with E-state index in [1.54, 1.807) is 18.9 Å². The van der Waals surface area contributed by atoms with Gasteiger partial charge in [0.2, 0.25) is 15.9 Å². The van der Waals surface area contributed by atoms with Gasteiger partial charge in [-0.05, 0) is 38.2 Å². The van der Waals surface area contributed by atoms with Crippen LogP contribution in [0.2, 0.25) is 0 Å². The van der Waals surface area contributed by atoms with Crippen LogP contribution in [0, 0.1) is 0 Å². The maximum absolute atomic E-state index is 12.7. The number of ether oxygens (including phenoxy) is 1. The summed E-state index contributed by atoms with van der Waals surface area (Å²) in [5.41, 5.74) is 0.309. The Morgan fingerprint density at radius 3 is 2.19 bits per heavy atom. The summed E-state index contributed by atoms with van der Waals surface area (Å²) in [6, 6.07) is 5.69. The number of hydrogen-bond donors (Lipinski definition) is 1. The zero-order valence-electron chi connectivity index (χ0n) is 14.8. The molecule has 10 heteroatoms. The molecule has 0 atom stereocenters. The predicted octanol–water partition coefficient (Wildman–Crippen LogP) is 0.337. The van der Waals surface area contributed by atoms with Crippen LogP contribution >= 0.6 is 12.4 Å². The molecule has 1 saturated heterocycles. The molecule has 0 radical (unpaired) electrons. The smallest absolute Gasteiger partial charge is 0.338 e. The van der Waals surface area contributed by atoms with Crippen molar-refractivity contribution >= 4 is 34.3 Å². The lowest BCUT2D eigenvalue weighted by Gasteiger charge is -2.34. The number of hydrogen-bond acceptors (Lipinski definition) is 6. The molecule has 1 heterocycles. The van der Waals surface area contributed by atoms with Gasteiger partial charge in [-0.25, -0.2) is 13.2 Å². The number of benzene rings is 1. The molecule has 1 aromatic carbocycles. The quantitative estimate of drug-likeness (QED) is 0.685. The average molecular weight is 406 g/mol. The van der Waals surface area contributed by atoms with Gasteiger partial charge in [-0.1, -0.05) is 0 Å². The minimum atomic E-state index is -3.65. The molecule has 1 aliphatic rings. The number of carbonyl (C=O) groups is 2. The normalized spacial score (nSPS) is 15.2. The van der Waals surface area contributed by atoms with E-state index >= 15 is 0 Å². The van der Waals surface area contributed by atoms with Gasteiger partial charge in [0.15, 0.2) is 0 Å². The predicted molar refractivity (Wildman–Crippen MR) is 98.9 cm³/mol. The number of carbonyl (C=O) groups excluding carboxylic acids is 2. The fraction of sp³-hybridized carbons (Fsp3) is 0.500. The van der Waals surface area contributed by atoms with Crippen molar-refractivity contribution in [3.63, 3.8) is 0 Å². The van der Waals surface area contributed by atoms with Gasteiger partial charge in [0.25, 0.3) is 0 Å². The first-order valence-corrected chi connectivity index (χ1v) is 9.54.